The molecule has 0 aliphatic heterocycles. The van der Waals surface area contributed by atoms with Gasteiger partial charge in [0.2, 0.25) is 0 Å². The van der Waals surface area contributed by atoms with Gasteiger partial charge >= 0.3 is 5.97 Å². The number of aromatic nitrogens is 1. The molecule has 1 aromatic heterocycles. The molecule has 6 nitrogen and oxygen atoms in total. The number of hydrogen-bond acceptors (Lipinski definition) is 5. The first-order chi connectivity index (χ1) is 22.5. The monoisotopic (exact) mass is 631 g/mol. The highest BCUT2D eigenvalue weighted by Crippen LogP contribution is 2.44. The van der Waals surface area contributed by atoms with Crippen molar-refractivity contribution in [1.29, 1.82) is 0 Å². The van der Waals surface area contributed by atoms with Gasteiger partial charge in [0.15, 0.2) is 23.1 Å². The van der Waals surface area contributed by atoms with E-state index in [1.807, 2.05) is 134 Å². The molecular weight excluding hydrogens is 598 g/mol. The van der Waals surface area contributed by atoms with E-state index in [-0.39, 0.29) is 6.61 Å². The average Bonchev–Trinajstić information content (AvgIpc) is 3.55. The van der Waals surface area contributed by atoms with Gasteiger partial charge in [-0.1, -0.05) is 109 Å². The molecule has 1 heterocycles. The lowest BCUT2D eigenvalue weighted by molar-refractivity contribution is -0.145. The highest BCUT2D eigenvalue weighted by molar-refractivity contribution is 6.26. The van der Waals surface area contributed by atoms with Crippen LogP contribution in [0.4, 0.5) is 0 Å². The Labute approximate surface area is 273 Å². The Bertz CT molecular complexity index is 1890. The van der Waals surface area contributed by atoms with E-state index in [1.54, 1.807) is 6.92 Å². The summed E-state index contributed by atoms with van der Waals surface area (Å²) in [6.07, 6.45) is 1.99. The molecule has 0 aliphatic carbocycles. The van der Waals surface area contributed by atoms with Crippen LogP contribution < -0.4 is 14.2 Å². The van der Waals surface area contributed by atoms with Crippen LogP contribution in [0.25, 0.3) is 10.9 Å². The molecule has 0 spiro atoms. The molecule has 1 unspecified atom stereocenters. The standard InChI is InChI=1S/C39H34ClNO5/c1-2-43-38(42)28-44-34-20-17-32(18-21-34)39(40,41-24-23-31-15-9-10-16-35(31)41)33-19-22-36(45-26-29-11-5-3-6-12-29)37(25-33)46-27-30-13-7-4-8-14-30/h3-25H,2,26-28H2,1H3. The maximum atomic E-state index is 11.8. The van der Waals surface area contributed by atoms with Gasteiger partial charge in [0.05, 0.1) is 12.1 Å². The van der Waals surface area contributed by atoms with Crippen LogP contribution in [0.1, 0.15) is 29.2 Å². The third kappa shape index (κ3) is 6.87. The Morgan fingerprint density at radius 1 is 0.674 bits per heavy atom. The lowest BCUT2D eigenvalue weighted by Crippen LogP contribution is -2.29. The number of fused-ring (bicyclic) bond motifs is 1. The van der Waals surface area contributed by atoms with Gasteiger partial charge in [0, 0.05) is 11.8 Å². The Morgan fingerprint density at radius 2 is 1.28 bits per heavy atom. The van der Waals surface area contributed by atoms with E-state index in [2.05, 4.69) is 10.6 Å². The van der Waals surface area contributed by atoms with Crippen LogP contribution in [0, 0.1) is 0 Å². The van der Waals surface area contributed by atoms with Crippen molar-refractivity contribution in [2.45, 2.75) is 25.1 Å². The zero-order valence-corrected chi connectivity index (χ0v) is 26.2. The molecule has 0 radical (unpaired) electrons. The van der Waals surface area contributed by atoms with Gasteiger partial charge in [-0.2, -0.15) is 0 Å². The summed E-state index contributed by atoms with van der Waals surface area (Å²) in [6.45, 7) is 2.64. The van der Waals surface area contributed by atoms with Crippen LogP contribution in [0.15, 0.2) is 140 Å². The molecule has 232 valence electrons. The van der Waals surface area contributed by atoms with Crippen molar-refractivity contribution >= 4 is 28.5 Å². The summed E-state index contributed by atoms with van der Waals surface area (Å²) in [4.78, 5) is 10.7. The van der Waals surface area contributed by atoms with Crippen molar-refractivity contribution in [2.24, 2.45) is 0 Å². The number of benzene rings is 5. The lowest BCUT2D eigenvalue weighted by atomic mass is 9.96. The fraction of sp³-hybridized carbons (Fsp3) is 0.154. The predicted molar refractivity (Wildman–Crippen MR) is 181 cm³/mol. The van der Waals surface area contributed by atoms with Gasteiger partial charge in [-0.05, 0) is 65.4 Å². The number of hydrogen-bond donors (Lipinski definition) is 0. The first-order valence-electron chi connectivity index (χ1n) is 15.2. The van der Waals surface area contributed by atoms with Crippen molar-refractivity contribution in [3.05, 3.63) is 162 Å². The first-order valence-corrected chi connectivity index (χ1v) is 15.5. The van der Waals surface area contributed by atoms with E-state index in [0.717, 1.165) is 33.2 Å². The summed E-state index contributed by atoms with van der Waals surface area (Å²) >= 11 is 7.82. The summed E-state index contributed by atoms with van der Waals surface area (Å²) < 4.78 is 25.4. The molecule has 6 rings (SSSR count). The van der Waals surface area contributed by atoms with Crippen LogP contribution in [0.2, 0.25) is 0 Å². The van der Waals surface area contributed by atoms with E-state index in [1.165, 1.54) is 0 Å². The molecule has 1 atom stereocenters. The van der Waals surface area contributed by atoms with Crippen LogP contribution in [-0.4, -0.2) is 23.8 Å². The van der Waals surface area contributed by atoms with E-state index < -0.39 is 11.0 Å². The number of carbonyl (C=O) groups excluding carboxylic acids is 1. The second-order valence-electron chi connectivity index (χ2n) is 10.7. The van der Waals surface area contributed by atoms with Crippen molar-refractivity contribution < 1.29 is 23.7 Å². The van der Waals surface area contributed by atoms with Gasteiger partial charge in [0.1, 0.15) is 19.0 Å². The number of rotatable bonds is 13. The second-order valence-corrected chi connectivity index (χ2v) is 11.2. The zero-order valence-electron chi connectivity index (χ0n) is 25.5. The third-order valence-electron chi connectivity index (χ3n) is 7.63. The Kier molecular flexibility index (Phi) is 9.56. The SMILES string of the molecule is CCOC(=O)COc1ccc(C(Cl)(c2ccc(OCc3ccccc3)c(OCc3ccccc3)c2)n2ccc3ccccc32)cc1. The molecule has 0 amide bonds. The molecule has 0 saturated carbocycles. The fourth-order valence-corrected chi connectivity index (χ4v) is 5.72. The third-order valence-corrected chi connectivity index (χ3v) is 8.25. The molecule has 7 heteroatoms. The molecule has 0 bridgehead atoms. The number of alkyl halides is 1. The quantitative estimate of drug-likeness (QED) is 0.0942. The van der Waals surface area contributed by atoms with Crippen molar-refractivity contribution in [2.75, 3.05) is 13.2 Å². The van der Waals surface area contributed by atoms with E-state index >= 15 is 0 Å². The molecule has 5 aromatic carbocycles. The van der Waals surface area contributed by atoms with Gasteiger partial charge in [-0.15, -0.1) is 0 Å². The lowest BCUT2D eigenvalue weighted by Gasteiger charge is -2.32. The number of nitrogens with zero attached hydrogens (tertiary/aromatic N) is 1. The summed E-state index contributed by atoms with van der Waals surface area (Å²) in [7, 11) is 0. The summed E-state index contributed by atoms with van der Waals surface area (Å²) in [5.74, 6) is 1.30. The number of para-hydroxylation sites is 1. The van der Waals surface area contributed by atoms with E-state index in [4.69, 9.17) is 30.5 Å². The highest BCUT2D eigenvalue weighted by Gasteiger charge is 2.36. The zero-order chi connectivity index (χ0) is 31.8. The maximum absolute atomic E-state index is 11.8. The first kappa shape index (κ1) is 30.8. The number of esters is 1. The second kappa shape index (κ2) is 14.3. The molecule has 0 saturated heterocycles. The fourth-order valence-electron chi connectivity index (χ4n) is 5.33. The highest BCUT2D eigenvalue weighted by atomic mass is 35.5. The molecule has 6 aromatic rings. The minimum atomic E-state index is -1.18. The minimum Gasteiger partial charge on any atom is -0.485 e. The molecule has 0 aliphatic rings. The van der Waals surface area contributed by atoms with Crippen LogP contribution in [0.3, 0.4) is 0 Å². The van der Waals surface area contributed by atoms with Crippen LogP contribution >= 0.6 is 11.6 Å². The van der Waals surface area contributed by atoms with Crippen molar-refractivity contribution in [1.82, 2.24) is 4.57 Å². The van der Waals surface area contributed by atoms with Gasteiger partial charge in [-0.3, -0.25) is 0 Å². The topological polar surface area (TPSA) is 58.9 Å². The summed E-state index contributed by atoms with van der Waals surface area (Å²) in [5.41, 5.74) is 4.64. The van der Waals surface area contributed by atoms with Gasteiger partial charge < -0.3 is 23.5 Å². The van der Waals surface area contributed by atoms with Crippen LogP contribution in [-0.2, 0) is 27.7 Å². The van der Waals surface area contributed by atoms with Gasteiger partial charge in [0.25, 0.3) is 0 Å². The number of ether oxygens (including phenoxy) is 4. The maximum Gasteiger partial charge on any atom is 0.344 e. The number of halogens is 1. The Morgan fingerprint density at radius 3 is 1.96 bits per heavy atom. The van der Waals surface area contributed by atoms with Gasteiger partial charge in [-0.25, -0.2) is 4.79 Å². The van der Waals surface area contributed by atoms with Crippen molar-refractivity contribution in [3.8, 4) is 17.2 Å². The van der Waals surface area contributed by atoms with E-state index in [0.29, 0.717) is 37.1 Å². The van der Waals surface area contributed by atoms with Crippen LogP contribution in [0.5, 0.6) is 17.2 Å². The Hall–Kier alpha value is -5.20. The Balaban J connectivity index is 1.40. The molecule has 0 N–H and O–H groups in total. The molecule has 46 heavy (non-hydrogen) atoms. The average molecular weight is 632 g/mol. The predicted octanol–water partition coefficient (Wildman–Crippen LogP) is 8.73. The normalized spacial score (nSPS) is 12.3. The largest absolute Gasteiger partial charge is 0.485 e. The summed E-state index contributed by atoms with van der Waals surface area (Å²) in [6, 6.07) is 43.5. The van der Waals surface area contributed by atoms with Crippen molar-refractivity contribution in [3.63, 3.8) is 0 Å². The smallest absolute Gasteiger partial charge is 0.344 e. The minimum absolute atomic E-state index is 0.173. The van der Waals surface area contributed by atoms with E-state index in [9.17, 15) is 4.79 Å². The summed E-state index contributed by atoms with van der Waals surface area (Å²) in [5, 5.41) is 1.06. The number of carbonyl (C=O) groups is 1. The molecular formula is C39H34ClNO5. The molecule has 0 fully saturated rings.